The van der Waals surface area contributed by atoms with Gasteiger partial charge in [0, 0.05) is 6.54 Å². The van der Waals surface area contributed by atoms with Crippen LogP contribution in [-0.4, -0.2) is 36.6 Å². The zero-order valence-corrected chi connectivity index (χ0v) is 13.2. The quantitative estimate of drug-likeness (QED) is 0.663. The second kappa shape index (κ2) is 7.62. The summed E-state index contributed by atoms with van der Waals surface area (Å²) in [5, 5.41) is 5.70. The number of ether oxygens (including phenoxy) is 1. The molecule has 1 fully saturated rings. The van der Waals surface area contributed by atoms with E-state index < -0.39 is 6.04 Å². The van der Waals surface area contributed by atoms with Gasteiger partial charge in [-0.25, -0.2) is 0 Å². The molecular formula is C15H28N2O3. The third-order valence-corrected chi connectivity index (χ3v) is 3.33. The summed E-state index contributed by atoms with van der Waals surface area (Å²) in [7, 11) is 0. The van der Waals surface area contributed by atoms with Gasteiger partial charge in [-0.3, -0.25) is 9.59 Å². The van der Waals surface area contributed by atoms with Gasteiger partial charge in [-0.2, -0.15) is 0 Å². The summed E-state index contributed by atoms with van der Waals surface area (Å²) in [6, 6.07) is -0.467. The molecular weight excluding hydrogens is 256 g/mol. The van der Waals surface area contributed by atoms with E-state index in [0.29, 0.717) is 24.8 Å². The molecule has 0 radical (unpaired) electrons. The fourth-order valence-electron chi connectivity index (χ4n) is 2.02. The number of carbonyl (C=O) groups is 2. The molecule has 0 aromatic heterocycles. The van der Waals surface area contributed by atoms with Crippen LogP contribution in [-0.2, 0) is 14.3 Å². The molecule has 0 aliphatic carbocycles. The third kappa shape index (κ3) is 5.90. The fourth-order valence-corrected chi connectivity index (χ4v) is 2.02. The van der Waals surface area contributed by atoms with E-state index in [-0.39, 0.29) is 24.0 Å². The smallest absolute Gasteiger partial charge is 0.252 e. The van der Waals surface area contributed by atoms with Gasteiger partial charge >= 0.3 is 0 Å². The van der Waals surface area contributed by atoms with Crippen LogP contribution in [0.5, 0.6) is 0 Å². The molecule has 1 aliphatic heterocycles. The molecule has 1 saturated heterocycles. The van der Waals surface area contributed by atoms with E-state index in [0.717, 1.165) is 6.42 Å². The van der Waals surface area contributed by atoms with Crippen LogP contribution >= 0.6 is 0 Å². The Balaban J connectivity index is 2.45. The molecule has 0 spiro atoms. The van der Waals surface area contributed by atoms with Crippen LogP contribution in [0.4, 0.5) is 0 Å². The first-order chi connectivity index (χ1) is 9.31. The van der Waals surface area contributed by atoms with Gasteiger partial charge in [-0.15, -0.1) is 0 Å². The van der Waals surface area contributed by atoms with Crippen molar-refractivity contribution in [3.05, 3.63) is 0 Å². The number of hydrogen-bond donors (Lipinski definition) is 2. The van der Waals surface area contributed by atoms with E-state index in [2.05, 4.69) is 24.5 Å². The summed E-state index contributed by atoms with van der Waals surface area (Å²) in [6.07, 6.45) is 1.17. The van der Waals surface area contributed by atoms with Crippen molar-refractivity contribution < 1.29 is 14.3 Å². The van der Waals surface area contributed by atoms with Crippen molar-refractivity contribution >= 4 is 11.8 Å². The van der Waals surface area contributed by atoms with E-state index in [1.54, 1.807) is 0 Å². The zero-order valence-electron chi connectivity index (χ0n) is 13.2. The number of hydrogen-bond acceptors (Lipinski definition) is 3. The lowest BCUT2D eigenvalue weighted by Crippen LogP contribution is -2.49. The lowest BCUT2D eigenvalue weighted by atomic mass is 10.0. The number of amides is 2. The second-order valence-electron chi connectivity index (χ2n) is 6.43. The zero-order chi connectivity index (χ0) is 15.3. The molecule has 116 valence electrons. The minimum Gasteiger partial charge on any atom is -0.359 e. The molecule has 1 rings (SSSR count). The molecule has 5 nitrogen and oxygen atoms in total. The minimum atomic E-state index is -0.467. The standard InChI is InChI=1S/C15H28N2O3/c1-9(2)6-7-16-14(18)12(8-10(3)4)17-15(19)13-11(5)20-13/h9-13H,6-8H2,1-5H3,(H,16,18)(H,17,19). The van der Waals surface area contributed by atoms with Crippen molar-refractivity contribution in [2.45, 2.75) is 65.7 Å². The first-order valence-electron chi connectivity index (χ1n) is 7.54. The Morgan fingerprint density at radius 3 is 2.20 bits per heavy atom. The number of nitrogens with one attached hydrogen (secondary N) is 2. The van der Waals surface area contributed by atoms with Crippen molar-refractivity contribution in [3.8, 4) is 0 Å². The lowest BCUT2D eigenvalue weighted by molar-refractivity contribution is -0.130. The van der Waals surface area contributed by atoms with E-state index in [1.807, 2.05) is 20.8 Å². The normalized spacial score (nSPS) is 22.8. The Morgan fingerprint density at radius 1 is 1.15 bits per heavy atom. The molecule has 3 atom stereocenters. The summed E-state index contributed by atoms with van der Waals surface area (Å²) in [6.45, 7) is 10.8. The highest BCUT2D eigenvalue weighted by atomic mass is 16.6. The van der Waals surface area contributed by atoms with Crippen molar-refractivity contribution in [2.24, 2.45) is 11.8 Å². The maximum Gasteiger partial charge on any atom is 0.252 e. The monoisotopic (exact) mass is 284 g/mol. The highest BCUT2D eigenvalue weighted by Gasteiger charge is 2.42. The molecule has 0 bridgehead atoms. The van der Waals surface area contributed by atoms with Crippen LogP contribution in [0.1, 0.15) is 47.5 Å². The fraction of sp³-hybridized carbons (Fsp3) is 0.867. The number of rotatable bonds is 8. The average molecular weight is 284 g/mol. The number of carbonyl (C=O) groups excluding carboxylic acids is 2. The maximum atomic E-state index is 12.2. The Kier molecular flexibility index (Phi) is 6.46. The molecule has 0 aromatic rings. The van der Waals surface area contributed by atoms with Crippen LogP contribution in [0.25, 0.3) is 0 Å². The molecule has 2 amide bonds. The topological polar surface area (TPSA) is 70.7 Å². The van der Waals surface area contributed by atoms with Gasteiger partial charge in [-0.1, -0.05) is 27.7 Å². The van der Waals surface area contributed by atoms with Crippen LogP contribution in [0, 0.1) is 11.8 Å². The molecule has 1 aliphatic rings. The Labute approximate surface area is 121 Å². The third-order valence-electron chi connectivity index (χ3n) is 3.33. The maximum absolute atomic E-state index is 12.2. The van der Waals surface area contributed by atoms with Gasteiger partial charge < -0.3 is 15.4 Å². The predicted octanol–water partition coefficient (Wildman–Crippen LogP) is 1.47. The molecule has 2 N–H and O–H groups in total. The summed E-state index contributed by atoms with van der Waals surface area (Å²) in [5.41, 5.74) is 0. The minimum absolute atomic E-state index is 0.0290. The predicted molar refractivity (Wildman–Crippen MR) is 78.2 cm³/mol. The van der Waals surface area contributed by atoms with Gasteiger partial charge in [0.1, 0.15) is 6.04 Å². The first kappa shape index (κ1) is 17.0. The van der Waals surface area contributed by atoms with Gasteiger partial charge in [0.05, 0.1) is 6.10 Å². The highest BCUT2D eigenvalue weighted by Crippen LogP contribution is 2.21. The highest BCUT2D eigenvalue weighted by molar-refractivity contribution is 5.90. The molecule has 0 saturated carbocycles. The van der Waals surface area contributed by atoms with Crippen molar-refractivity contribution in [1.82, 2.24) is 10.6 Å². The first-order valence-corrected chi connectivity index (χ1v) is 7.54. The van der Waals surface area contributed by atoms with Crippen molar-refractivity contribution in [2.75, 3.05) is 6.54 Å². The van der Waals surface area contributed by atoms with Crippen LogP contribution in [0.15, 0.2) is 0 Å². The summed E-state index contributed by atoms with van der Waals surface area (Å²) < 4.78 is 5.13. The van der Waals surface area contributed by atoms with Crippen LogP contribution < -0.4 is 10.6 Å². The van der Waals surface area contributed by atoms with Crippen LogP contribution in [0.2, 0.25) is 0 Å². The second-order valence-corrected chi connectivity index (χ2v) is 6.43. The van der Waals surface area contributed by atoms with Crippen molar-refractivity contribution in [3.63, 3.8) is 0 Å². The van der Waals surface area contributed by atoms with Gasteiger partial charge in [-0.05, 0) is 31.6 Å². The van der Waals surface area contributed by atoms with Crippen LogP contribution in [0.3, 0.4) is 0 Å². The van der Waals surface area contributed by atoms with E-state index >= 15 is 0 Å². The van der Waals surface area contributed by atoms with Gasteiger partial charge in [0.25, 0.3) is 5.91 Å². The summed E-state index contributed by atoms with van der Waals surface area (Å²) >= 11 is 0. The van der Waals surface area contributed by atoms with E-state index in [1.165, 1.54) is 0 Å². The largest absolute Gasteiger partial charge is 0.359 e. The Bertz CT molecular complexity index is 342. The van der Waals surface area contributed by atoms with E-state index in [9.17, 15) is 9.59 Å². The SMILES string of the molecule is CC(C)CCNC(=O)C(CC(C)C)NC(=O)C1OC1C. The van der Waals surface area contributed by atoms with E-state index in [4.69, 9.17) is 4.74 Å². The molecule has 20 heavy (non-hydrogen) atoms. The summed E-state index contributed by atoms with van der Waals surface area (Å²) in [5.74, 6) is 0.617. The van der Waals surface area contributed by atoms with Gasteiger partial charge in [0.2, 0.25) is 5.91 Å². The lowest BCUT2D eigenvalue weighted by Gasteiger charge is -2.20. The Morgan fingerprint density at radius 2 is 1.75 bits per heavy atom. The number of epoxide rings is 1. The average Bonchev–Trinajstić information content (AvgIpc) is 3.04. The summed E-state index contributed by atoms with van der Waals surface area (Å²) in [4.78, 5) is 24.0. The molecule has 5 heteroatoms. The molecule has 0 aromatic carbocycles. The Hall–Kier alpha value is -1.10. The van der Waals surface area contributed by atoms with Gasteiger partial charge in [0.15, 0.2) is 6.10 Å². The molecule has 3 unspecified atom stereocenters. The molecule has 1 heterocycles. The van der Waals surface area contributed by atoms with Crippen molar-refractivity contribution in [1.29, 1.82) is 0 Å².